The third kappa shape index (κ3) is 3.20. The van der Waals surface area contributed by atoms with Gasteiger partial charge in [-0.25, -0.2) is 4.90 Å². The van der Waals surface area contributed by atoms with E-state index < -0.39 is 0 Å². The van der Waals surface area contributed by atoms with Crippen LogP contribution in [0, 0.1) is 0 Å². The maximum absolute atomic E-state index is 12.8. The van der Waals surface area contributed by atoms with Gasteiger partial charge in [-0.15, -0.1) is 0 Å². The summed E-state index contributed by atoms with van der Waals surface area (Å²) in [6, 6.07) is 16.4. The normalized spacial score (nSPS) is 15.6. The molecule has 0 atom stereocenters. The van der Waals surface area contributed by atoms with Gasteiger partial charge in [0, 0.05) is 22.7 Å². The highest BCUT2D eigenvalue weighted by Crippen LogP contribution is 2.36. The van der Waals surface area contributed by atoms with Gasteiger partial charge in [-0.1, -0.05) is 36.4 Å². The maximum atomic E-state index is 12.8. The van der Waals surface area contributed by atoms with Gasteiger partial charge in [-0.05, 0) is 36.0 Å². The van der Waals surface area contributed by atoms with Crippen molar-refractivity contribution in [2.24, 2.45) is 0 Å². The lowest BCUT2D eigenvalue weighted by atomic mass is 10.1. The van der Waals surface area contributed by atoms with Gasteiger partial charge in [-0.2, -0.15) is 0 Å². The van der Waals surface area contributed by atoms with Crippen molar-refractivity contribution in [3.05, 3.63) is 71.3 Å². The number of hydrogen-bond acceptors (Lipinski definition) is 5. The Morgan fingerprint density at radius 1 is 1.07 bits per heavy atom. The van der Waals surface area contributed by atoms with E-state index in [-0.39, 0.29) is 23.7 Å². The van der Waals surface area contributed by atoms with Gasteiger partial charge < -0.3 is 9.30 Å². The van der Waals surface area contributed by atoms with Crippen molar-refractivity contribution < 1.29 is 19.1 Å². The average Bonchev–Trinajstić information content (AvgIpc) is 3.19. The minimum atomic E-state index is -0.364. The minimum Gasteiger partial charge on any atom is -0.468 e. The zero-order chi connectivity index (χ0) is 19.7. The Balaban J connectivity index is 1.73. The molecule has 0 bridgehead atoms. The maximum Gasteiger partial charge on any atom is 0.325 e. The first-order valence-electron chi connectivity index (χ1n) is 8.56. The Labute approximate surface area is 165 Å². The molecule has 0 aliphatic carbocycles. The molecule has 1 aliphatic rings. The van der Waals surface area contributed by atoms with Crippen LogP contribution in [0.15, 0.2) is 65.7 Å². The lowest BCUT2D eigenvalue weighted by Gasteiger charge is -2.11. The van der Waals surface area contributed by atoms with Crippen molar-refractivity contribution in [3.8, 4) is 0 Å². The van der Waals surface area contributed by atoms with Crippen LogP contribution in [0.1, 0.15) is 5.56 Å². The van der Waals surface area contributed by atoms with E-state index in [4.69, 9.17) is 4.74 Å². The zero-order valence-electron chi connectivity index (χ0n) is 15.0. The molecule has 4 rings (SSSR count). The van der Waals surface area contributed by atoms with Crippen molar-refractivity contribution >= 4 is 51.5 Å². The van der Waals surface area contributed by atoms with E-state index in [2.05, 4.69) is 0 Å². The smallest absolute Gasteiger partial charge is 0.325 e. The molecule has 1 saturated heterocycles. The first-order chi connectivity index (χ1) is 13.6. The highest BCUT2D eigenvalue weighted by atomic mass is 32.2. The van der Waals surface area contributed by atoms with E-state index in [1.165, 1.54) is 12.0 Å². The number of carbonyl (C=O) groups is 3. The topological polar surface area (TPSA) is 68.6 Å². The molecule has 2 amide bonds. The van der Waals surface area contributed by atoms with Crippen LogP contribution >= 0.6 is 11.8 Å². The predicted octanol–water partition coefficient (Wildman–Crippen LogP) is 4.06. The quantitative estimate of drug-likeness (QED) is 0.495. The number of imide groups is 1. The van der Waals surface area contributed by atoms with Crippen LogP contribution in [-0.2, 0) is 20.9 Å². The molecule has 3 aromatic rings. The Morgan fingerprint density at radius 3 is 2.54 bits per heavy atom. The first-order valence-corrected chi connectivity index (χ1v) is 9.38. The molecule has 6 nitrogen and oxygen atoms in total. The van der Waals surface area contributed by atoms with Crippen molar-refractivity contribution in [1.29, 1.82) is 0 Å². The summed E-state index contributed by atoms with van der Waals surface area (Å²) < 4.78 is 6.53. The number of aromatic nitrogens is 1. The van der Waals surface area contributed by atoms with Crippen molar-refractivity contribution in [1.82, 2.24) is 4.57 Å². The number of carbonyl (C=O) groups excluding carboxylic acids is 3. The third-order valence-corrected chi connectivity index (χ3v) is 5.31. The molecule has 7 heteroatoms. The van der Waals surface area contributed by atoms with Crippen LogP contribution in [-0.4, -0.2) is 28.8 Å². The van der Waals surface area contributed by atoms with Gasteiger partial charge in [0.15, 0.2) is 0 Å². The average molecular weight is 392 g/mol. The molecular weight excluding hydrogens is 376 g/mol. The molecule has 0 radical (unpaired) electrons. The predicted molar refractivity (Wildman–Crippen MR) is 109 cm³/mol. The number of fused-ring (bicyclic) bond motifs is 1. The Bertz CT molecular complexity index is 1120. The number of anilines is 1. The second-order valence-corrected chi connectivity index (χ2v) is 7.15. The van der Waals surface area contributed by atoms with Crippen molar-refractivity contribution in [2.75, 3.05) is 12.0 Å². The summed E-state index contributed by atoms with van der Waals surface area (Å²) in [4.78, 5) is 38.4. The highest BCUT2D eigenvalue weighted by molar-refractivity contribution is 8.19. The van der Waals surface area contributed by atoms with Gasteiger partial charge in [-0.3, -0.25) is 14.4 Å². The summed E-state index contributed by atoms with van der Waals surface area (Å²) in [6.07, 6.45) is 3.49. The van der Waals surface area contributed by atoms with E-state index in [1.54, 1.807) is 41.1 Å². The van der Waals surface area contributed by atoms with Crippen LogP contribution in [0.4, 0.5) is 10.5 Å². The van der Waals surface area contributed by atoms with Crippen molar-refractivity contribution in [2.45, 2.75) is 6.54 Å². The highest BCUT2D eigenvalue weighted by Gasteiger charge is 2.36. The van der Waals surface area contributed by atoms with E-state index >= 15 is 0 Å². The molecule has 28 heavy (non-hydrogen) atoms. The van der Waals surface area contributed by atoms with Gasteiger partial charge in [0.1, 0.15) is 6.54 Å². The molecule has 0 saturated carbocycles. The number of ether oxygens (including phenoxy) is 1. The van der Waals surface area contributed by atoms with E-state index in [0.717, 1.165) is 28.2 Å². The fourth-order valence-corrected chi connectivity index (χ4v) is 3.97. The number of benzene rings is 2. The summed E-state index contributed by atoms with van der Waals surface area (Å²) in [6.45, 7) is 0.0658. The molecule has 1 fully saturated rings. The second kappa shape index (κ2) is 7.36. The van der Waals surface area contributed by atoms with Crippen LogP contribution < -0.4 is 4.90 Å². The summed E-state index contributed by atoms with van der Waals surface area (Å²) in [7, 11) is 1.34. The number of rotatable bonds is 4. The number of esters is 1. The number of para-hydroxylation sites is 2. The van der Waals surface area contributed by atoms with E-state index in [9.17, 15) is 14.4 Å². The fraction of sp³-hybridized carbons (Fsp3) is 0.0952. The Morgan fingerprint density at radius 2 is 1.79 bits per heavy atom. The molecular formula is C21H16N2O4S. The van der Waals surface area contributed by atoms with Gasteiger partial charge in [0.2, 0.25) is 0 Å². The monoisotopic (exact) mass is 392 g/mol. The van der Waals surface area contributed by atoms with E-state index in [0.29, 0.717) is 10.6 Å². The Hall–Kier alpha value is -3.32. The van der Waals surface area contributed by atoms with E-state index in [1.807, 2.05) is 30.3 Å². The molecule has 1 aliphatic heterocycles. The standard InChI is InChI=1S/C21H16N2O4S/c1-27-19(24)13-22-12-14(16-9-5-6-10-17(16)22)11-18-20(25)23(21(26)28-18)15-7-3-2-4-8-15/h2-12H,13H2,1H3/b18-11+. The molecule has 1 aromatic heterocycles. The lowest BCUT2D eigenvalue weighted by molar-refractivity contribution is -0.141. The number of amides is 2. The molecule has 0 spiro atoms. The SMILES string of the molecule is COC(=O)Cn1cc(/C=C2/SC(=O)N(c3ccccc3)C2=O)c2ccccc21. The molecule has 2 heterocycles. The van der Waals surface area contributed by atoms with Crippen LogP contribution in [0.25, 0.3) is 17.0 Å². The first kappa shape index (κ1) is 18.1. The zero-order valence-corrected chi connectivity index (χ0v) is 15.8. The minimum absolute atomic E-state index is 0.0658. The molecule has 0 N–H and O–H groups in total. The summed E-state index contributed by atoms with van der Waals surface area (Å²) in [5.74, 6) is -0.720. The molecule has 0 unspecified atom stereocenters. The summed E-state index contributed by atoms with van der Waals surface area (Å²) >= 11 is 0.905. The van der Waals surface area contributed by atoms with Gasteiger partial charge >= 0.3 is 5.97 Å². The largest absolute Gasteiger partial charge is 0.468 e. The van der Waals surface area contributed by atoms with Gasteiger partial charge in [0.25, 0.3) is 11.1 Å². The van der Waals surface area contributed by atoms with Crippen LogP contribution in [0.5, 0.6) is 0 Å². The number of nitrogens with zero attached hydrogens (tertiary/aromatic N) is 2. The number of thioether (sulfide) groups is 1. The third-order valence-electron chi connectivity index (χ3n) is 4.44. The lowest BCUT2D eigenvalue weighted by Crippen LogP contribution is -2.27. The van der Waals surface area contributed by atoms with Crippen LogP contribution in [0.2, 0.25) is 0 Å². The van der Waals surface area contributed by atoms with Crippen LogP contribution in [0.3, 0.4) is 0 Å². The Kier molecular flexibility index (Phi) is 4.75. The summed E-state index contributed by atoms with van der Waals surface area (Å²) in [5, 5.41) is 0.554. The number of methoxy groups -OCH3 is 1. The summed E-state index contributed by atoms with van der Waals surface area (Å²) in [5.41, 5.74) is 2.15. The van der Waals surface area contributed by atoms with Gasteiger partial charge in [0.05, 0.1) is 17.7 Å². The molecule has 2 aromatic carbocycles. The number of hydrogen-bond donors (Lipinski definition) is 0. The van der Waals surface area contributed by atoms with Crippen molar-refractivity contribution in [3.63, 3.8) is 0 Å². The second-order valence-electron chi connectivity index (χ2n) is 6.16. The molecule has 140 valence electrons. The fourth-order valence-electron chi connectivity index (χ4n) is 3.13.